The van der Waals surface area contributed by atoms with Gasteiger partial charge in [0.2, 0.25) is 6.79 Å². The van der Waals surface area contributed by atoms with Gasteiger partial charge < -0.3 is 20.1 Å². The Balaban J connectivity index is 1.36. The number of aromatic nitrogens is 2. The first-order chi connectivity index (χ1) is 14.1. The molecule has 1 aromatic heterocycles. The van der Waals surface area contributed by atoms with Crippen LogP contribution in [-0.2, 0) is 6.54 Å². The monoisotopic (exact) mass is 390 g/mol. The number of ether oxygens (including phenoxy) is 2. The van der Waals surface area contributed by atoms with Crippen molar-refractivity contribution in [2.24, 2.45) is 0 Å². The number of hydrogen-bond acceptors (Lipinski definition) is 7. The van der Waals surface area contributed by atoms with Gasteiger partial charge in [0.25, 0.3) is 5.91 Å². The predicted octanol–water partition coefficient (Wildman–Crippen LogP) is 3.27. The minimum atomic E-state index is -0.402. The summed E-state index contributed by atoms with van der Waals surface area (Å²) in [6, 6.07) is 12.4. The molecule has 0 saturated heterocycles. The van der Waals surface area contributed by atoms with Crippen LogP contribution in [0, 0.1) is 0 Å². The fourth-order valence-electron chi connectivity index (χ4n) is 2.79. The van der Waals surface area contributed by atoms with E-state index in [0.29, 0.717) is 23.6 Å². The molecule has 2 heterocycles. The second-order valence-electron chi connectivity index (χ2n) is 6.42. The van der Waals surface area contributed by atoms with Gasteiger partial charge in [-0.2, -0.15) is 0 Å². The van der Waals surface area contributed by atoms with Crippen molar-refractivity contribution in [3.05, 3.63) is 71.7 Å². The standard InChI is InChI=1S/C21H18N4O4/c1-13(26)15-3-2-4-16(8-15)25-21(27)17-10-24-20(11-22-17)23-9-14-5-6-18-19(7-14)29-12-28-18/h2-8,10-11H,9,12H2,1H3,(H,23,24)(H,25,27). The van der Waals surface area contributed by atoms with E-state index in [4.69, 9.17) is 9.47 Å². The number of nitrogens with zero attached hydrogens (tertiary/aromatic N) is 2. The van der Waals surface area contributed by atoms with Gasteiger partial charge in [0.05, 0.1) is 12.4 Å². The van der Waals surface area contributed by atoms with Gasteiger partial charge in [-0.1, -0.05) is 18.2 Å². The molecule has 1 amide bonds. The van der Waals surface area contributed by atoms with E-state index in [2.05, 4.69) is 20.6 Å². The van der Waals surface area contributed by atoms with Crippen molar-refractivity contribution in [1.82, 2.24) is 9.97 Å². The second kappa shape index (κ2) is 7.97. The van der Waals surface area contributed by atoms with Crippen molar-refractivity contribution in [2.45, 2.75) is 13.5 Å². The van der Waals surface area contributed by atoms with Crippen LogP contribution in [0.4, 0.5) is 11.5 Å². The van der Waals surface area contributed by atoms with Crippen LogP contribution < -0.4 is 20.1 Å². The van der Waals surface area contributed by atoms with E-state index in [1.54, 1.807) is 24.3 Å². The maximum atomic E-state index is 12.3. The zero-order chi connectivity index (χ0) is 20.2. The summed E-state index contributed by atoms with van der Waals surface area (Å²) in [5.74, 6) is 1.52. The lowest BCUT2D eigenvalue weighted by Gasteiger charge is -2.08. The van der Waals surface area contributed by atoms with Crippen LogP contribution in [0.1, 0.15) is 33.3 Å². The van der Waals surface area contributed by atoms with Crippen LogP contribution in [0.5, 0.6) is 11.5 Å². The molecule has 0 bridgehead atoms. The first-order valence-electron chi connectivity index (χ1n) is 8.95. The smallest absolute Gasteiger partial charge is 0.275 e. The highest BCUT2D eigenvalue weighted by atomic mass is 16.7. The molecule has 2 aromatic carbocycles. The van der Waals surface area contributed by atoms with Crippen molar-refractivity contribution in [3.8, 4) is 11.5 Å². The molecule has 2 N–H and O–H groups in total. The number of amides is 1. The number of carbonyl (C=O) groups excluding carboxylic acids is 2. The average molecular weight is 390 g/mol. The first-order valence-corrected chi connectivity index (χ1v) is 8.95. The van der Waals surface area contributed by atoms with Gasteiger partial charge in [-0.05, 0) is 36.8 Å². The van der Waals surface area contributed by atoms with Crippen LogP contribution in [0.15, 0.2) is 54.9 Å². The molecule has 0 unspecified atom stereocenters. The molecule has 0 fully saturated rings. The number of ketones is 1. The highest BCUT2D eigenvalue weighted by Gasteiger charge is 2.13. The summed E-state index contributed by atoms with van der Waals surface area (Å²) >= 11 is 0. The quantitative estimate of drug-likeness (QED) is 0.623. The van der Waals surface area contributed by atoms with Gasteiger partial charge >= 0.3 is 0 Å². The zero-order valence-electron chi connectivity index (χ0n) is 15.6. The lowest BCUT2D eigenvalue weighted by molar-refractivity contribution is 0.100. The summed E-state index contributed by atoms with van der Waals surface area (Å²) < 4.78 is 10.7. The van der Waals surface area contributed by atoms with E-state index in [1.165, 1.54) is 19.3 Å². The van der Waals surface area contributed by atoms with Gasteiger partial charge in [0.15, 0.2) is 17.3 Å². The molecule has 8 nitrogen and oxygen atoms in total. The Kier molecular flexibility index (Phi) is 5.07. The normalized spacial score (nSPS) is 11.8. The number of benzene rings is 2. The van der Waals surface area contributed by atoms with Gasteiger partial charge in [0, 0.05) is 17.8 Å². The molecular weight excluding hydrogens is 372 g/mol. The summed E-state index contributed by atoms with van der Waals surface area (Å²) in [4.78, 5) is 32.2. The average Bonchev–Trinajstić information content (AvgIpc) is 3.20. The van der Waals surface area contributed by atoms with E-state index in [9.17, 15) is 9.59 Å². The first kappa shape index (κ1) is 18.4. The minimum Gasteiger partial charge on any atom is -0.454 e. The molecule has 0 aliphatic carbocycles. The van der Waals surface area contributed by atoms with E-state index >= 15 is 0 Å². The Hall–Kier alpha value is -3.94. The molecule has 0 spiro atoms. The zero-order valence-corrected chi connectivity index (χ0v) is 15.6. The third kappa shape index (κ3) is 4.32. The number of anilines is 2. The van der Waals surface area contributed by atoms with Crippen molar-refractivity contribution in [3.63, 3.8) is 0 Å². The molecular formula is C21H18N4O4. The fraction of sp³-hybridized carbons (Fsp3) is 0.143. The molecule has 3 aromatic rings. The maximum Gasteiger partial charge on any atom is 0.275 e. The van der Waals surface area contributed by atoms with E-state index in [1.807, 2.05) is 18.2 Å². The number of fused-ring (bicyclic) bond motifs is 1. The number of hydrogen-bond donors (Lipinski definition) is 2. The molecule has 4 rings (SSSR count). The van der Waals surface area contributed by atoms with Gasteiger partial charge in [-0.3, -0.25) is 9.59 Å². The van der Waals surface area contributed by atoms with Crippen LogP contribution in [0.25, 0.3) is 0 Å². The third-order valence-corrected chi connectivity index (χ3v) is 4.32. The summed E-state index contributed by atoms with van der Waals surface area (Å²) in [6.45, 7) is 2.23. The number of rotatable bonds is 6. The van der Waals surface area contributed by atoms with Crippen molar-refractivity contribution >= 4 is 23.2 Å². The van der Waals surface area contributed by atoms with E-state index in [0.717, 1.165) is 17.1 Å². The van der Waals surface area contributed by atoms with Crippen molar-refractivity contribution in [1.29, 1.82) is 0 Å². The van der Waals surface area contributed by atoms with Crippen LogP contribution >= 0.6 is 0 Å². The summed E-state index contributed by atoms with van der Waals surface area (Å²) in [6.07, 6.45) is 2.89. The second-order valence-corrected chi connectivity index (χ2v) is 6.42. The Labute approximate surface area is 166 Å². The SMILES string of the molecule is CC(=O)c1cccc(NC(=O)c2cnc(NCc3ccc4c(c3)OCO4)cn2)c1. The van der Waals surface area contributed by atoms with Gasteiger partial charge in [0.1, 0.15) is 11.5 Å². The molecule has 1 aliphatic rings. The van der Waals surface area contributed by atoms with E-state index < -0.39 is 5.91 Å². The molecule has 1 aliphatic heterocycles. The summed E-state index contributed by atoms with van der Waals surface area (Å²) in [7, 11) is 0. The number of nitrogens with one attached hydrogen (secondary N) is 2. The third-order valence-electron chi connectivity index (χ3n) is 4.32. The molecule has 0 radical (unpaired) electrons. The Morgan fingerprint density at radius 1 is 1.03 bits per heavy atom. The van der Waals surface area contributed by atoms with Crippen molar-refractivity contribution < 1.29 is 19.1 Å². The molecule has 0 atom stereocenters. The maximum absolute atomic E-state index is 12.3. The van der Waals surface area contributed by atoms with Crippen LogP contribution in [0.2, 0.25) is 0 Å². The Bertz CT molecular complexity index is 1070. The molecule has 146 valence electrons. The van der Waals surface area contributed by atoms with E-state index in [-0.39, 0.29) is 18.3 Å². The summed E-state index contributed by atoms with van der Waals surface area (Å²) in [5.41, 5.74) is 2.22. The van der Waals surface area contributed by atoms with Crippen molar-refractivity contribution in [2.75, 3.05) is 17.4 Å². The number of Topliss-reactive ketones (excluding diaryl/α,β-unsaturated/α-hetero) is 1. The topological polar surface area (TPSA) is 102 Å². The molecule has 0 saturated carbocycles. The Morgan fingerprint density at radius 2 is 1.90 bits per heavy atom. The van der Waals surface area contributed by atoms with Gasteiger partial charge in [-0.15, -0.1) is 0 Å². The Morgan fingerprint density at radius 3 is 2.69 bits per heavy atom. The molecule has 29 heavy (non-hydrogen) atoms. The predicted molar refractivity (Wildman–Crippen MR) is 106 cm³/mol. The minimum absolute atomic E-state index is 0.0706. The fourth-order valence-corrected chi connectivity index (χ4v) is 2.79. The summed E-state index contributed by atoms with van der Waals surface area (Å²) in [5, 5.41) is 5.86. The van der Waals surface area contributed by atoms with Gasteiger partial charge in [-0.25, -0.2) is 9.97 Å². The highest BCUT2D eigenvalue weighted by Crippen LogP contribution is 2.32. The lowest BCUT2D eigenvalue weighted by atomic mass is 10.1. The highest BCUT2D eigenvalue weighted by molar-refractivity contribution is 6.03. The number of carbonyl (C=O) groups is 2. The largest absolute Gasteiger partial charge is 0.454 e. The van der Waals surface area contributed by atoms with Crippen LogP contribution in [0.3, 0.4) is 0 Å². The van der Waals surface area contributed by atoms with Crippen LogP contribution in [-0.4, -0.2) is 28.5 Å². The molecule has 8 heteroatoms. The lowest BCUT2D eigenvalue weighted by Crippen LogP contribution is -2.15.